The normalized spacial score (nSPS) is 16.4. The first-order valence-corrected chi connectivity index (χ1v) is 10.4. The number of nitrogens with zero attached hydrogens (tertiary/aromatic N) is 2. The molecule has 0 radical (unpaired) electrons. The van der Waals surface area contributed by atoms with Gasteiger partial charge in [-0.25, -0.2) is 13.8 Å². The number of rotatable bonds is 5. The summed E-state index contributed by atoms with van der Waals surface area (Å²) in [6.07, 6.45) is 1.13. The zero-order valence-electron chi connectivity index (χ0n) is 16.6. The van der Waals surface area contributed by atoms with Crippen LogP contribution in [0.2, 0.25) is 0 Å². The molecule has 1 aliphatic rings. The fourth-order valence-electron chi connectivity index (χ4n) is 3.43. The van der Waals surface area contributed by atoms with Crippen molar-refractivity contribution in [2.24, 2.45) is 0 Å². The van der Waals surface area contributed by atoms with Crippen LogP contribution in [0.15, 0.2) is 36.5 Å². The van der Waals surface area contributed by atoms with E-state index in [1.165, 1.54) is 11.3 Å². The monoisotopic (exact) mass is 447 g/mol. The molecule has 2 aromatic heterocycles. The third kappa shape index (κ3) is 4.35. The maximum atomic E-state index is 13.7. The highest BCUT2D eigenvalue weighted by Gasteiger charge is 2.31. The van der Waals surface area contributed by atoms with Crippen LogP contribution in [0.4, 0.5) is 8.78 Å². The van der Waals surface area contributed by atoms with Crippen molar-refractivity contribution in [3.63, 3.8) is 0 Å². The Labute approximate surface area is 180 Å². The third-order valence-electron chi connectivity index (χ3n) is 4.92. The quantitative estimate of drug-likeness (QED) is 0.651. The summed E-state index contributed by atoms with van der Waals surface area (Å²) in [7, 11) is 1.55. The van der Waals surface area contributed by atoms with Crippen molar-refractivity contribution in [1.29, 1.82) is 0 Å². The Balaban J connectivity index is 1.52. The van der Waals surface area contributed by atoms with Crippen molar-refractivity contribution in [1.82, 2.24) is 15.2 Å². The number of halogens is 2. The van der Waals surface area contributed by atoms with Gasteiger partial charge in [-0.15, -0.1) is 11.3 Å². The first-order valence-electron chi connectivity index (χ1n) is 9.54. The summed E-state index contributed by atoms with van der Waals surface area (Å²) in [5, 5.41) is 3.43. The van der Waals surface area contributed by atoms with Gasteiger partial charge in [-0.3, -0.25) is 9.59 Å². The Hall–Kier alpha value is -3.11. The molecule has 1 fully saturated rings. The molecular formula is C21H19F2N3O4S. The van der Waals surface area contributed by atoms with E-state index in [0.29, 0.717) is 27.9 Å². The van der Waals surface area contributed by atoms with Gasteiger partial charge in [0.2, 0.25) is 0 Å². The maximum absolute atomic E-state index is 13.7. The Morgan fingerprint density at radius 2 is 2.19 bits per heavy atom. The van der Waals surface area contributed by atoms with E-state index < -0.39 is 24.3 Å². The number of ether oxygens (including phenoxy) is 2. The summed E-state index contributed by atoms with van der Waals surface area (Å²) in [5.74, 6) is -2.41. The SMILES string of the molecule is CNC(=O)c1sc2ncccc2c1C1CN(C(=O)COc2ccc(F)cc2F)CCO1. The second-order valence-corrected chi connectivity index (χ2v) is 7.84. The van der Waals surface area contributed by atoms with Gasteiger partial charge in [0, 0.05) is 36.8 Å². The summed E-state index contributed by atoms with van der Waals surface area (Å²) in [5.41, 5.74) is 0.690. The molecule has 0 aliphatic carbocycles. The lowest BCUT2D eigenvalue weighted by Gasteiger charge is -2.33. The first kappa shape index (κ1) is 21.1. The summed E-state index contributed by atoms with van der Waals surface area (Å²) in [4.78, 5) is 32.2. The van der Waals surface area contributed by atoms with Gasteiger partial charge >= 0.3 is 0 Å². The van der Waals surface area contributed by atoms with Crippen LogP contribution in [0.3, 0.4) is 0 Å². The Morgan fingerprint density at radius 1 is 1.35 bits per heavy atom. The second kappa shape index (κ2) is 8.94. The van der Waals surface area contributed by atoms with E-state index in [4.69, 9.17) is 9.47 Å². The van der Waals surface area contributed by atoms with Crippen molar-refractivity contribution >= 4 is 33.4 Å². The van der Waals surface area contributed by atoms with E-state index >= 15 is 0 Å². The Morgan fingerprint density at radius 3 is 2.97 bits per heavy atom. The molecule has 1 aliphatic heterocycles. The van der Waals surface area contributed by atoms with Crippen molar-refractivity contribution < 1.29 is 27.8 Å². The van der Waals surface area contributed by atoms with E-state index in [0.717, 1.165) is 17.5 Å². The predicted molar refractivity (Wildman–Crippen MR) is 110 cm³/mol. The minimum Gasteiger partial charge on any atom is -0.481 e. The fraction of sp³-hybridized carbons (Fsp3) is 0.286. The topological polar surface area (TPSA) is 80.8 Å². The standard InChI is InChI=1S/C21H19F2N3O4S/c1-24-20(28)19-18(13-3-2-6-25-21(13)31-19)16-10-26(7-8-29-16)17(27)11-30-15-5-4-12(22)9-14(15)23/h2-6,9,16H,7-8,10-11H2,1H3,(H,24,28). The average molecular weight is 447 g/mol. The molecule has 2 amide bonds. The number of thiophene rings is 1. The molecule has 31 heavy (non-hydrogen) atoms. The van der Waals surface area contributed by atoms with Crippen molar-refractivity contribution in [3.05, 3.63) is 58.6 Å². The lowest BCUT2D eigenvalue weighted by molar-refractivity contribution is -0.141. The van der Waals surface area contributed by atoms with E-state index in [9.17, 15) is 18.4 Å². The summed E-state index contributed by atoms with van der Waals surface area (Å²) in [6.45, 7) is 0.411. The van der Waals surface area contributed by atoms with E-state index in [1.54, 1.807) is 24.2 Å². The number of fused-ring (bicyclic) bond motifs is 1. The molecule has 4 rings (SSSR count). The highest BCUT2D eigenvalue weighted by Crippen LogP contribution is 2.37. The number of hydrogen-bond donors (Lipinski definition) is 1. The number of carbonyl (C=O) groups is 2. The van der Waals surface area contributed by atoms with Crippen LogP contribution >= 0.6 is 11.3 Å². The third-order valence-corrected chi connectivity index (χ3v) is 6.05. The molecule has 7 nitrogen and oxygen atoms in total. The van der Waals surface area contributed by atoms with E-state index in [-0.39, 0.29) is 30.7 Å². The van der Waals surface area contributed by atoms with E-state index in [2.05, 4.69) is 10.3 Å². The summed E-state index contributed by atoms with van der Waals surface area (Å²) < 4.78 is 37.9. The molecule has 0 bridgehead atoms. The summed E-state index contributed by atoms with van der Waals surface area (Å²) in [6, 6.07) is 6.54. The van der Waals surface area contributed by atoms with Gasteiger partial charge in [0.1, 0.15) is 21.6 Å². The zero-order valence-corrected chi connectivity index (χ0v) is 17.4. The van der Waals surface area contributed by atoms with Crippen molar-refractivity contribution in [2.45, 2.75) is 6.10 Å². The van der Waals surface area contributed by atoms with Crippen LogP contribution in [-0.4, -0.2) is 55.0 Å². The average Bonchev–Trinajstić information content (AvgIpc) is 3.17. The number of hydrogen-bond acceptors (Lipinski definition) is 6. The van der Waals surface area contributed by atoms with E-state index in [1.807, 2.05) is 6.07 Å². The number of nitrogens with one attached hydrogen (secondary N) is 1. The van der Waals surface area contributed by atoms with Gasteiger partial charge in [-0.1, -0.05) is 6.07 Å². The minimum absolute atomic E-state index is 0.198. The van der Waals surface area contributed by atoms with Crippen LogP contribution in [0.1, 0.15) is 21.3 Å². The minimum atomic E-state index is -0.875. The fourth-order valence-corrected chi connectivity index (χ4v) is 4.57. The molecule has 1 N–H and O–H groups in total. The predicted octanol–water partition coefficient (Wildman–Crippen LogP) is 2.91. The summed E-state index contributed by atoms with van der Waals surface area (Å²) >= 11 is 1.27. The van der Waals surface area contributed by atoms with Crippen LogP contribution < -0.4 is 10.1 Å². The van der Waals surface area contributed by atoms with Gasteiger partial charge in [-0.05, 0) is 18.2 Å². The van der Waals surface area contributed by atoms with Crippen LogP contribution in [0.25, 0.3) is 10.2 Å². The molecular weight excluding hydrogens is 428 g/mol. The number of carbonyl (C=O) groups excluding carboxylic acids is 2. The molecule has 162 valence electrons. The largest absolute Gasteiger partial charge is 0.481 e. The van der Waals surface area contributed by atoms with Gasteiger partial charge in [0.15, 0.2) is 18.2 Å². The molecule has 10 heteroatoms. The second-order valence-electron chi connectivity index (χ2n) is 6.84. The number of aromatic nitrogens is 1. The molecule has 0 saturated carbocycles. The van der Waals surface area contributed by atoms with Gasteiger partial charge in [0.05, 0.1) is 13.2 Å². The van der Waals surface area contributed by atoms with Crippen molar-refractivity contribution in [2.75, 3.05) is 33.4 Å². The molecule has 0 spiro atoms. The van der Waals surface area contributed by atoms with Gasteiger partial charge < -0.3 is 19.7 Å². The van der Waals surface area contributed by atoms with Crippen LogP contribution in [-0.2, 0) is 9.53 Å². The van der Waals surface area contributed by atoms with Gasteiger partial charge in [0.25, 0.3) is 11.8 Å². The highest BCUT2D eigenvalue weighted by atomic mass is 32.1. The van der Waals surface area contributed by atoms with Crippen molar-refractivity contribution in [3.8, 4) is 5.75 Å². The molecule has 1 saturated heterocycles. The molecule has 1 atom stereocenters. The Kier molecular flexibility index (Phi) is 6.10. The zero-order chi connectivity index (χ0) is 22.0. The smallest absolute Gasteiger partial charge is 0.261 e. The molecule has 3 heterocycles. The molecule has 1 aromatic carbocycles. The van der Waals surface area contributed by atoms with Crippen LogP contribution in [0.5, 0.6) is 5.75 Å². The molecule has 3 aromatic rings. The first-order chi connectivity index (χ1) is 15.0. The molecule has 1 unspecified atom stereocenters. The number of benzene rings is 1. The number of amides is 2. The Bertz CT molecular complexity index is 1140. The number of pyridine rings is 1. The maximum Gasteiger partial charge on any atom is 0.261 e. The lowest BCUT2D eigenvalue weighted by atomic mass is 10.0. The van der Waals surface area contributed by atoms with Crippen LogP contribution in [0, 0.1) is 11.6 Å². The van der Waals surface area contributed by atoms with Gasteiger partial charge in [-0.2, -0.15) is 0 Å². The highest BCUT2D eigenvalue weighted by molar-refractivity contribution is 7.20. The number of morpholine rings is 1. The lowest BCUT2D eigenvalue weighted by Crippen LogP contribution is -2.44.